The fraction of sp³-hybridized carbons (Fsp3) is 0.375. The molecule has 4 heteroatoms. The molecule has 3 aromatic rings. The van der Waals surface area contributed by atoms with E-state index in [2.05, 4.69) is 97.2 Å². The molecule has 3 aliphatic rings. The van der Waals surface area contributed by atoms with Crippen LogP contribution >= 0.6 is 46.2 Å². The van der Waals surface area contributed by atoms with E-state index in [1.807, 2.05) is 11.3 Å². The summed E-state index contributed by atoms with van der Waals surface area (Å²) in [5.41, 5.74) is 6.12. The van der Waals surface area contributed by atoms with E-state index in [0.717, 1.165) is 0 Å². The van der Waals surface area contributed by atoms with Gasteiger partial charge in [-0.15, -0.1) is 46.2 Å². The molecule has 1 aromatic heterocycles. The molecular weight excluding hydrogens is 513 g/mol. The molecule has 0 nitrogen and oxygen atoms in total. The van der Waals surface area contributed by atoms with Crippen LogP contribution in [0.5, 0.6) is 0 Å². The van der Waals surface area contributed by atoms with Gasteiger partial charge in [-0.2, -0.15) is 0 Å². The van der Waals surface area contributed by atoms with E-state index >= 15 is 0 Å². The van der Waals surface area contributed by atoms with Gasteiger partial charge in [-0.1, -0.05) is 101 Å². The normalized spacial score (nSPS) is 12.4. The lowest BCUT2D eigenvalue weighted by Gasteiger charge is -2.06. The Hall–Kier alpha value is -1.46. The zero-order valence-corrected chi connectivity index (χ0v) is 24.6. The quantitative estimate of drug-likeness (QED) is 0.111. The first-order valence-electron chi connectivity index (χ1n) is 13.6. The number of unbranched alkanes of at least 4 members (excludes halogenated alkanes) is 6. The molecule has 0 saturated heterocycles. The summed E-state index contributed by atoms with van der Waals surface area (Å²) in [6, 6.07) is 18.3. The van der Waals surface area contributed by atoms with Gasteiger partial charge in [-0.05, 0) is 35.1 Å². The topological polar surface area (TPSA) is 0 Å². The zero-order chi connectivity index (χ0) is 24.5. The highest BCUT2D eigenvalue weighted by molar-refractivity contribution is 8.03. The number of benzene rings is 2. The van der Waals surface area contributed by atoms with Crippen LogP contribution in [-0.2, 0) is 0 Å². The molecule has 2 aromatic carbocycles. The molecular formula is C32H34S4. The van der Waals surface area contributed by atoms with Crippen molar-refractivity contribution in [3.05, 3.63) is 48.5 Å². The standard InChI is InChI=1S/C32H34S4/c1-3-5-7-13-19-33-31-25-21-15-9-11-17-23(21)29-27(25)28-26(32(36-31)34-20-14-8-6-4-2)22-16-10-12-18-24(22)30(28)35-29/h9-12,15-18H,3-8,13-14,19-20H2,1-2H3. The minimum absolute atomic E-state index is 1.22. The van der Waals surface area contributed by atoms with Crippen molar-refractivity contribution in [1.82, 2.24) is 0 Å². The second-order valence-electron chi connectivity index (χ2n) is 9.85. The molecule has 0 fully saturated rings. The highest BCUT2D eigenvalue weighted by Gasteiger charge is 2.32. The third-order valence-corrected chi connectivity index (χ3v) is 12.5. The number of thiophene rings is 1. The van der Waals surface area contributed by atoms with Crippen LogP contribution in [0.25, 0.3) is 53.2 Å². The van der Waals surface area contributed by atoms with E-state index in [1.165, 1.54) is 124 Å². The van der Waals surface area contributed by atoms with Crippen LogP contribution in [0.4, 0.5) is 0 Å². The van der Waals surface area contributed by atoms with E-state index in [4.69, 9.17) is 0 Å². The number of hydrogen-bond donors (Lipinski definition) is 0. The van der Waals surface area contributed by atoms with Crippen LogP contribution in [0, 0.1) is 0 Å². The molecule has 0 N–H and O–H groups in total. The molecule has 2 aliphatic carbocycles. The molecule has 0 spiro atoms. The van der Waals surface area contributed by atoms with Crippen LogP contribution in [0.15, 0.2) is 56.9 Å². The van der Waals surface area contributed by atoms with Gasteiger partial charge in [-0.25, -0.2) is 0 Å². The Balaban J connectivity index is 1.55. The Morgan fingerprint density at radius 3 is 1.39 bits per heavy atom. The summed E-state index contributed by atoms with van der Waals surface area (Å²) in [6.07, 6.45) is 10.6. The lowest BCUT2D eigenvalue weighted by molar-refractivity contribution is 0.706. The third kappa shape index (κ3) is 4.32. The summed E-state index contributed by atoms with van der Waals surface area (Å²) in [7, 11) is 0. The average molecular weight is 547 g/mol. The van der Waals surface area contributed by atoms with Crippen molar-refractivity contribution in [1.29, 1.82) is 0 Å². The molecule has 0 bridgehead atoms. The van der Waals surface area contributed by atoms with Crippen molar-refractivity contribution < 1.29 is 0 Å². The van der Waals surface area contributed by atoms with Crippen LogP contribution in [0.2, 0.25) is 0 Å². The minimum atomic E-state index is 1.22. The van der Waals surface area contributed by atoms with Gasteiger partial charge >= 0.3 is 0 Å². The zero-order valence-electron chi connectivity index (χ0n) is 21.3. The molecule has 2 heterocycles. The van der Waals surface area contributed by atoms with E-state index in [1.54, 1.807) is 0 Å². The van der Waals surface area contributed by atoms with Crippen molar-refractivity contribution in [2.75, 3.05) is 11.5 Å². The summed E-state index contributed by atoms with van der Waals surface area (Å²) in [5.74, 6) is 2.44. The van der Waals surface area contributed by atoms with Gasteiger partial charge < -0.3 is 0 Å². The van der Waals surface area contributed by atoms with Crippen molar-refractivity contribution in [2.24, 2.45) is 0 Å². The summed E-state index contributed by atoms with van der Waals surface area (Å²) in [5, 5.41) is 5.79. The molecule has 36 heavy (non-hydrogen) atoms. The summed E-state index contributed by atoms with van der Waals surface area (Å²) in [4.78, 5) is 0. The van der Waals surface area contributed by atoms with Crippen molar-refractivity contribution in [3.8, 4) is 22.3 Å². The number of hydrogen-bond acceptors (Lipinski definition) is 4. The molecule has 1 aliphatic heterocycles. The smallest absolute Gasteiger partial charge is 0.0695 e. The highest BCUT2D eigenvalue weighted by Crippen LogP contribution is 2.62. The molecule has 0 radical (unpaired) electrons. The van der Waals surface area contributed by atoms with Crippen LogP contribution in [0.3, 0.4) is 0 Å². The van der Waals surface area contributed by atoms with E-state index in [9.17, 15) is 0 Å². The van der Waals surface area contributed by atoms with E-state index in [0.29, 0.717) is 0 Å². The first kappa shape index (κ1) is 24.9. The van der Waals surface area contributed by atoms with Gasteiger partial charge in [0.05, 0.1) is 8.42 Å². The summed E-state index contributed by atoms with van der Waals surface area (Å²) >= 11 is 8.36. The molecule has 0 atom stereocenters. The fourth-order valence-electron chi connectivity index (χ4n) is 5.56. The molecule has 6 rings (SSSR count). The molecule has 186 valence electrons. The van der Waals surface area contributed by atoms with E-state index in [-0.39, 0.29) is 0 Å². The Morgan fingerprint density at radius 1 is 0.500 bits per heavy atom. The van der Waals surface area contributed by atoms with Crippen molar-refractivity contribution in [2.45, 2.75) is 73.6 Å². The molecule has 0 unspecified atom stereocenters. The predicted octanol–water partition coefficient (Wildman–Crippen LogP) is 12.3. The van der Waals surface area contributed by atoms with Crippen molar-refractivity contribution in [3.63, 3.8) is 0 Å². The summed E-state index contributed by atoms with van der Waals surface area (Å²) < 4.78 is 6.07. The highest BCUT2D eigenvalue weighted by atomic mass is 32.2. The number of rotatable bonds is 12. The van der Waals surface area contributed by atoms with Crippen LogP contribution in [-0.4, -0.2) is 11.5 Å². The Labute approximate surface area is 231 Å². The second-order valence-corrected chi connectivity index (χ2v) is 14.6. The van der Waals surface area contributed by atoms with E-state index < -0.39 is 0 Å². The summed E-state index contributed by atoms with van der Waals surface area (Å²) in [6.45, 7) is 4.61. The lowest BCUT2D eigenvalue weighted by Crippen LogP contribution is -1.82. The maximum Gasteiger partial charge on any atom is 0.0695 e. The maximum absolute atomic E-state index is 2.37. The van der Waals surface area contributed by atoms with Gasteiger partial charge in [0.2, 0.25) is 0 Å². The maximum atomic E-state index is 2.37. The minimum Gasteiger partial charge on any atom is -0.134 e. The first-order chi connectivity index (χ1) is 17.8. The second kappa shape index (κ2) is 11.1. The third-order valence-electron chi connectivity index (χ3n) is 7.35. The number of fused-ring (bicyclic) bond motifs is 6. The van der Waals surface area contributed by atoms with Gasteiger partial charge in [-0.3, -0.25) is 0 Å². The van der Waals surface area contributed by atoms with Gasteiger partial charge in [0, 0.05) is 42.4 Å². The Morgan fingerprint density at radius 2 is 0.944 bits per heavy atom. The number of thioether (sulfide) groups is 2. The van der Waals surface area contributed by atoms with Crippen molar-refractivity contribution >= 4 is 77.1 Å². The molecule has 0 amide bonds. The van der Waals surface area contributed by atoms with Crippen LogP contribution < -0.4 is 0 Å². The SMILES string of the molecule is CCCCCCSc1sc(SCCCCCC)c2c3ccccc3c3sc4c(c3-2)-c1c1ccccc14. The predicted molar refractivity (Wildman–Crippen MR) is 169 cm³/mol. The van der Waals surface area contributed by atoms with Crippen LogP contribution in [0.1, 0.15) is 65.2 Å². The lowest BCUT2D eigenvalue weighted by atomic mass is 10.0. The Kier molecular flexibility index (Phi) is 7.67. The fourth-order valence-corrected chi connectivity index (χ4v) is 11.2. The average Bonchev–Trinajstić information content (AvgIpc) is 3.49. The van der Waals surface area contributed by atoms with Gasteiger partial charge in [0.1, 0.15) is 0 Å². The van der Waals surface area contributed by atoms with Gasteiger partial charge in [0.25, 0.3) is 0 Å². The molecule has 0 saturated carbocycles. The largest absolute Gasteiger partial charge is 0.134 e. The monoisotopic (exact) mass is 546 g/mol. The Bertz CT molecular complexity index is 1410. The van der Waals surface area contributed by atoms with Gasteiger partial charge in [0.15, 0.2) is 0 Å². The first-order valence-corrected chi connectivity index (χ1v) is 17.2.